The number of hydrogen-bond donors (Lipinski definition) is 0. The minimum absolute atomic E-state index is 0.0102. The molecule has 20 heavy (non-hydrogen) atoms. The summed E-state index contributed by atoms with van der Waals surface area (Å²) in [7, 11) is 0. The molecule has 3 rings (SSSR count). The fraction of sp³-hybridized carbons (Fsp3) is 0.353. The molecule has 1 aliphatic carbocycles. The molecule has 1 aromatic heterocycles. The van der Waals surface area contributed by atoms with Crippen molar-refractivity contribution < 1.29 is 9.18 Å². The van der Waals surface area contributed by atoms with Crippen LogP contribution in [0.5, 0.6) is 0 Å². The SMILES string of the molecule is CC1CC(C)(C)c2c1cn(-c1ccc(F)cc1)c2C=O. The predicted molar refractivity (Wildman–Crippen MR) is 77.2 cm³/mol. The smallest absolute Gasteiger partial charge is 0.167 e. The number of fused-ring (bicyclic) bond motifs is 1. The van der Waals surface area contributed by atoms with E-state index in [1.165, 1.54) is 17.7 Å². The Morgan fingerprint density at radius 2 is 1.95 bits per heavy atom. The molecule has 1 unspecified atom stereocenters. The summed E-state index contributed by atoms with van der Waals surface area (Å²) in [5.41, 5.74) is 3.91. The highest BCUT2D eigenvalue weighted by molar-refractivity contribution is 5.79. The lowest BCUT2D eigenvalue weighted by molar-refractivity contribution is 0.111. The first-order valence-corrected chi connectivity index (χ1v) is 6.91. The van der Waals surface area contributed by atoms with Gasteiger partial charge in [0, 0.05) is 11.9 Å². The van der Waals surface area contributed by atoms with E-state index in [0.29, 0.717) is 11.6 Å². The fourth-order valence-corrected chi connectivity index (χ4v) is 3.56. The van der Waals surface area contributed by atoms with Gasteiger partial charge in [-0.05, 0) is 53.1 Å². The maximum atomic E-state index is 13.1. The largest absolute Gasteiger partial charge is 0.314 e. The molecule has 0 N–H and O–H groups in total. The first-order valence-electron chi connectivity index (χ1n) is 6.91. The third-order valence-electron chi connectivity index (χ3n) is 4.31. The quantitative estimate of drug-likeness (QED) is 0.750. The molecule has 1 aliphatic rings. The minimum atomic E-state index is -0.269. The van der Waals surface area contributed by atoms with Crippen molar-refractivity contribution in [1.82, 2.24) is 4.57 Å². The van der Waals surface area contributed by atoms with Crippen molar-refractivity contribution in [2.45, 2.75) is 38.5 Å². The zero-order chi connectivity index (χ0) is 14.5. The van der Waals surface area contributed by atoms with E-state index in [4.69, 9.17) is 0 Å². The molecule has 0 bridgehead atoms. The second-order valence-corrected chi connectivity index (χ2v) is 6.30. The lowest BCUT2D eigenvalue weighted by atomic mass is 9.85. The highest BCUT2D eigenvalue weighted by Gasteiger charge is 2.39. The zero-order valence-electron chi connectivity index (χ0n) is 12.0. The van der Waals surface area contributed by atoms with E-state index in [1.54, 1.807) is 12.1 Å². The Morgan fingerprint density at radius 1 is 1.30 bits per heavy atom. The summed E-state index contributed by atoms with van der Waals surface area (Å²) in [6.07, 6.45) is 4.01. The molecular weight excluding hydrogens is 253 g/mol. The number of aromatic nitrogens is 1. The molecule has 0 aliphatic heterocycles. The standard InChI is InChI=1S/C17H18FNO/c1-11-8-17(2,3)16-14(11)9-19(15(16)10-20)13-6-4-12(18)5-7-13/h4-7,9-11H,8H2,1-3H3. The van der Waals surface area contributed by atoms with Crippen LogP contribution >= 0.6 is 0 Å². The lowest BCUT2D eigenvalue weighted by Gasteiger charge is -2.20. The summed E-state index contributed by atoms with van der Waals surface area (Å²) in [4.78, 5) is 11.6. The van der Waals surface area contributed by atoms with Gasteiger partial charge >= 0.3 is 0 Å². The molecule has 0 saturated carbocycles. The van der Waals surface area contributed by atoms with E-state index in [-0.39, 0.29) is 11.2 Å². The van der Waals surface area contributed by atoms with E-state index >= 15 is 0 Å². The van der Waals surface area contributed by atoms with Crippen LogP contribution in [0.3, 0.4) is 0 Å². The van der Waals surface area contributed by atoms with Gasteiger partial charge in [-0.3, -0.25) is 4.79 Å². The van der Waals surface area contributed by atoms with Crippen LogP contribution in [-0.2, 0) is 5.41 Å². The minimum Gasteiger partial charge on any atom is -0.314 e. The molecule has 0 fully saturated rings. The Morgan fingerprint density at radius 3 is 2.55 bits per heavy atom. The first kappa shape index (κ1) is 13.1. The second kappa shape index (κ2) is 4.30. The van der Waals surface area contributed by atoms with E-state index in [0.717, 1.165) is 24.0 Å². The number of benzene rings is 1. The molecule has 2 nitrogen and oxygen atoms in total. The van der Waals surface area contributed by atoms with Crippen LogP contribution in [0.15, 0.2) is 30.5 Å². The average molecular weight is 271 g/mol. The van der Waals surface area contributed by atoms with Crippen LogP contribution in [0, 0.1) is 5.82 Å². The maximum absolute atomic E-state index is 13.1. The molecule has 3 heteroatoms. The number of rotatable bonds is 2. The van der Waals surface area contributed by atoms with Gasteiger partial charge in [0.05, 0.1) is 5.69 Å². The molecule has 0 spiro atoms. The summed E-state index contributed by atoms with van der Waals surface area (Å²) >= 11 is 0. The predicted octanol–water partition coefficient (Wildman–Crippen LogP) is 4.21. The monoisotopic (exact) mass is 271 g/mol. The summed E-state index contributed by atoms with van der Waals surface area (Å²) in [6.45, 7) is 6.55. The third kappa shape index (κ3) is 1.80. The van der Waals surface area contributed by atoms with Crippen LogP contribution in [-0.4, -0.2) is 10.9 Å². The summed E-state index contributed by atoms with van der Waals surface area (Å²) in [5.74, 6) is 0.176. The van der Waals surface area contributed by atoms with Gasteiger partial charge in [-0.25, -0.2) is 4.39 Å². The first-order chi connectivity index (χ1) is 9.44. The Kier molecular flexibility index (Phi) is 2.82. The van der Waals surface area contributed by atoms with Crippen molar-refractivity contribution in [3.63, 3.8) is 0 Å². The van der Waals surface area contributed by atoms with Crippen molar-refractivity contribution in [1.29, 1.82) is 0 Å². The molecule has 104 valence electrons. The van der Waals surface area contributed by atoms with Gasteiger partial charge in [0.15, 0.2) is 6.29 Å². The third-order valence-corrected chi connectivity index (χ3v) is 4.31. The van der Waals surface area contributed by atoms with E-state index in [9.17, 15) is 9.18 Å². The molecule has 2 aromatic rings. The van der Waals surface area contributed by atoms with Crippen molar-refractivity contribution in [2.75, 3.05) is 0 Å². The lowest BCUT2D eigenvalue weighted by Crippen LogP contribution is -2.15. The van der Waals surface area contributed by atoms with Gasteiger partial charge in [-0.15, -0.1) is 0 Å². The molecule has 1 aromatic carbocycles. The number of hydrogen-bond acceptors (Lipinski definition) is 1. The number of carbonyl (C=O) groups is 1. The van der Waals surface area contributed by atoms with Crippen LogP contribution < -0.4 is 0 Å². The van der Waals surface area contributed by atoms with E-state index in [2.05, 4.69) is 20.8 Å². The number of halogens is 1. The number of carbonyl (C=O) groups excluding carboxylic acids is 1. The van der Waals surface area contributed by atoms with Crippen LogP contribution in [0.25, 0.3) is 5.69 Å². The maximum Gasteiger partial charge on any atom is 0.167 e. The Labute approximate surface area is 118 Å². The van der Waals surface area contributed by atoms with Crippen molar-refractivity contribution in [2.24, 2.45) is 0 Å². The second-order valence-electron chi connectivity index (χ2n) is 6.30. The Balaban J connectivity index is 2.22. The van der Waals surface area contributed by atoms with Crippen LogP contribution in [0.1, 0.15) is 54.7 Å². The molecule has 1 atom stereocenters. The molecule has 1 heterocycles. The van der Waals surface area contributed by atoms with Gasteiger partial charge in [-0.2, -0.15) is 0 Å². The van der Waals surface area contributed by atoms with Crippen molar-refractivity contribution in [3.05, 3.63) is 53.1 Å². The van der Waals surface area contributed by atoms with Crippen LogP contribution in [0.4, 0.5) is 4.39 Å². The van der Waals surface area contributed by atoms with Gasteiger partial charge in [0.1, 0.15) is 5.82 Å². The highest BCUT2D eigenvalue weighted by Crippen LogP contribution is 2.48. The highest BCUT2D eigenvalue weighted by atomic mass is 19.1. The Bertz CT molecular complexity index is 667. The summed E-state index contributed by atoms with van der Waals surface area (Å²) in [6, 6.07) is 6.25. The molecule has 0 radical (unpaired) electrons. The summed E-state index contributed by atoms with van der Waals surface area (Å²) in [5, 5.41) is 0. The molecule has 0 amide bonds. The van der Waals surface area contributed by atoms with Gasteiger partial charge in [0.2, 0.25) is 0 Å². The van der Waals surface area contributed by atoms with Crippen molar-refractivity contribution in [3.8, 4) is 5.69 Å². The van der Waals surface area contributed by atoms with Crippen LogP contribution in [0.2, 0.25) is 0 Å². The topological polar surface area (TPSA) is 22.0 Å². The fourth-order valence-electron chi connectivity index (χ4n) is 3.56. The Hall–Kier alpha value is -1.90. The van der Waals surface area contributed by atoms with Gasteiger partial charge in [0.25, 0.3) is 0 Å². The molecular formula is C17H18FNO. The van der Waals surface area contributed by atoms with E-state index < -0.39 is 0 Å². The van der Waals surface area contributed by atoms with Gasteiger partial charge in [-0.1, -0.05) is 20.8 Å². The number of aldehydes is 1. The normalized spacial score (nSPS) is 19.9. The van der Waals surface area contributed by atoms with E-state index in [1.807, 2.05) is 10.8 Å². The van der Waals surface area contributed by atoms with Gasteiger partial charge < -0.3 is 4.57 Å². The average Bonchev–Trinajstić information content (AvgIpc) is 2.88. The van der Waals surface area contributed by atoms with Crippen molar-refractivity contribution >= 4 is 6.29 Å². The molecule has 0 saturated heterocycles. The number of nitrogens with zero attached hydrogens (tertiary/aromatic N) is 1. The summed E-state index contributed by atoms with van der Waals surface area (Å²) < 4.78 is 14.9. The zero-order valence-corrected chi connectivity index (χ0v) is 12.0.